The number of ether oxygens (including phenoxy) is 2. The number of carbonyl (C=O) groups is 2. The maximum Gasteiger partial charge on any atom is 0.271 e. The fourth-order valence-electron chi connectivity index (χ4n) is 5.29. The van der Waals surface area contributed by atoms with Crippen LogP contribution in [0.2, 0.25) is 0 Å². The van der Waals surface area contributed by atoms with Gasteiger partial charge < -0.3 is 24.3 Å². The normalized spacial score (nSPS) is 20.6. The largest absolute Gasteiger partial charge is 0.496 e. The highest BCUT2D eigenvalue weighted by atomic mass is 32.2. The molecule has 1 aromatic carbocycles. The van der Waals surface area contributed by atoms with Gasteiger partial charge in [-0.1, -0.05) is 19.8 Å². The first-order valence-corrected chi connectivity index (χ1v) is 13.5. The molecule has 1 N–H and O–H groups in total. The van der Waals surface area contributed by atoms with Gasteiger partial charge in [-0.15, -0.1) is 0 Å². The standard InChI is InChI=1S/C26H37N3O4S/c1-5-14-34-15-8-13-29-24(30)20-16-19-21(32-3)11-12-22(33-4)23(19)28(20)17-26(29,2)25(31)27-18-9-6-7-10-18/h11-12,16,18H,5-10,13-15,17H2,1-4H3,(H,27,31). The predicted octanol–water partition coefficient (Wildman–Crippen LogP) is 4.47. The second-order valence-electron chi connectivity index (χ2n) is 9.50. The number of nitrogens with one attached hydrogen (secondary N) is 1. The number of benzene rings is 1. The monoisotopic (exact) mass is 487 g/mol. The van der Waals surface area contributed by atoms with Crippen molar-refractivity contribution in [3.8, 4) is 11.5 Å². The lowest BCUT2D eigenvalue weighted by molar-refractivity contribution is -0.133. The molecule has 1 unspecified atom stereocenters. The number of aromatic nitrogens is 1. The smallest absolute Gasteiger partial charge is 0.271 e. The van der Waals surface area contributed by atoms with Crippen molar-refractivity contribution in [3.63, 3.8) is 0 Å². The summed E-state index contributed by atoms with van der Waals surface area (Å²) in [7, 11) is 3.25. The van der Waals surface area contributed by atoms with Crippen LogP contribution >= 0.6 is 11.8 Å². The Morgan fingerprint density at radius 3 is 2.56 bits per heavy atom. The molecule has 0 spiro atoms. The highest BCUT2D eigenvalue weighted by Crippen LogP contribution is 2.40. The van der Waals surface area contributed by atoms with Crippen molar-refractivity contribution in [1.82, 2.24) is 14.8 Å². The second-order valence-corrected chi connectivity index (χ2v) is 10.7. The summed E-state index contributed by atoms with van der Waals surface area (Å²) in [5.74, 6) is 3.26. The number of carbonyl (C=O) groups excluding carboxylic acids is 2. The van der Waals surface area contributed by atoms with Crippen LogP contribution in [0.1, 0.15) is 62.9 Å². The van der Waals surface area contributed by atoms with Crippen LogP contribution in [0.5, 0.6) is 11.5 Å². The average molecular weight is 488 g/mol. The molecule has 0 radical (unpaired) electrons. The van der Waals surface area contributed by atoms with Crippen LogP contribution in [0.15, 0.2) is 18.2 Å². The van der Waals surface area contributed by atoms with E-state index >= 15 is 0 Å². The number of rotatable bonds is 10. The Morgan fingerprint density at radius 1 is 1.18 bits per heavy atom. The third kappa shape index (κ3) is 4.49. The first kappa shape index (κ1) is 24.8. The van der Waals surface area contributed by atoms with E-state index in [0.29, 0.717) is 30.3 Å². The molecule has 1 fully saturated rings. The van der Waals surface area contributed by atoms with Crippen LogP contribution in [0.25, 0.3) is 10.9 Å². The van der Waals surface area contributed by atoms with Gasteiger partial charge in [-0.25, -0.2) is 0 Å². The summed E-state index contributed by atoms with van der Waals surface area (Å²) in [6.45, 7) is 5.02. The van der Waals surface area contributed by atoms with Gasteiger partial charge in [0.1, 0.15) is 22.7 Å². The van der Waals surface area contributed by atoms with Crippen molar-refractivity contribution in [3.05, 3.63) is 23.9 Å². The summed E-state index contributed by atoms with van der Waals surface area (Å²) in [4.78, 5) is 29.4. The van der Waals surface area contributed by atoms with Crippen molar-refractivity contribution in [1.29, 1.82) is 0 Å². The topological polar surface area (TPSA) is 72.8 Å². The highest BCUT2D eigenvalue weighted by Gasteiger charge is 2.48. The summed E-state index contributed by atoms with van der Waals surface area (Å²) in [6, 6.07) is 5.78. The molecule has 7 nitrogen and oxygen atoms in total. The zero-order valence-electron chi connectivity index (χ0n) is 20.8. The van der Waals surface area contributed by atoms with E-state index in [1.54, 1.807) is 19.1 Å². The van der Waals surface area contributed by atoms with Gasteiger partial charge in [-0.2, -0.15) is 11.8 Å². The maximum atomic E-state index is 13.9. The summed E-state index contributed by atoms with van der Waals surface area (Å²) in [6.07, 6.45) is 6.29. The van der Waals surface area contributed by atoms with Crippen LogP contribution < -0.4 is 14.8 Å². The van der Waals surface area contributed by atoms with E-state index in [4.69, 9.17) is 9.47 Å². The SMILES string of the molecule is CCCSCCCN1C(=O)c2cc3c(OC)ccc(OC)c3n2CC1(C)C(=O)NC1CCCC1. The van der Waals surface area contributed by atoms with Crippen molar-refractivity contribution in [2.45, 2.75) is 70.5 Å². The van der Waals surface area contributed by atoms with Crippen LogP contribution in [0, 0.1) is 0 Å². The van der Waals surface area contributed by atoms with Gasteiger partial charge in [-0.05, 0) is 62.3 Å². The molecule has 2 aliphatic rings. The number of fused-ring (bicyclic) bond motifs is 3. The second kappa shape index (κ2) is 10.5. The molecule has 1 aliphatic heterocycles. The molecule has 2 heterocycles. The van der Waals surface area contributed by atoms with Crippen LogP contribution in [-0.4, -0.2) is 65.1 Å². The highest BCUT2D eigenvalue weighted by molar-refractivity contribution is 7.99. The molecular formula is C26H37N3O4S. The fraction of sp³-hybridized carbons (Fsp3) is 0.615. The van der Waals surface area contributed by atoms with Gasteiger partial charge in [0.25, 0.3) is 5.91 Å². The Kier molecular flexibility index (Phi) is 7.65. The number of methoxy groups -OCH3 is 2. The molecule has 1 saturated carbocycles. The zero-order chi connectivity index (χ0) is 24.3. The van der Waals surface area contributed by atoms with E-state index in [-0.39, 0.29) is 17.9 Å². The Labute approximate surface area is 206 Å². The number of amides is 2. The molecule has 1 atom stereocenters. The molecule has 4 rings (SSSR count). The Hall–Kier alpha value is -2.35. The molecule has 2 amide bonds. The van der Waals surface area contributed by atoms with Gasteiger partial charge in [0.2, 0.25) is 5.91 Å². The first-order chi connectivity index (χ1) is 16.4. The molecule has 8 heteroatoms. The van der Waals surface area contributed by atoms with Crippen molar-refractivity contribution in [2.24, 2.45) is 0 Å². The Balaban J connectivity index is 1.73. The number of hydrogen-bond donors (Lipinski definition) is 1. The molecule has 34 heavy (non-hydrogen) atoms. The lowest BCUT2D eigenvalue weighted by Crippen LogP contribution is -2.65. The number of thioether (sulfide) groups is 1. The molecule has 0 saturated heterocycles. The third-order valence-electron chi connectivity index (χ3n) is 7.15. The summed E-state index contributed by atoms with van der Waals surface area (Å²) in [5.41, 5.74) is 0.385. The minimum Gasteiger partial charge on any atom is -0.496 e. The van der Waals surface area contributed by atoms with E-state index in [1.807, 2.05) is 41.5 Å². The van der Waals surface area contributed by atoms with Gasteiger partial charge >= 0.3 is 0 Å². The van der Waals surface area contributed by atoms with Crippen LogP contribution in [0.4, 0.5) is 0 Å². The summed E-state index contributed by atoms with van der Waals surface area (Å²) < 4.78 is 13.2. The van der Waals surface area contributed by atoms with Crippen molar-refractivity contribution in [2.75, 3.05) is 32.3 Å². The van der Waals surface area contributed by atoms with E-state index in [2.05, 4.69) is 12.2 Å². The minimum atomic E-state index is -0.984. The summed E-state index contributed by atoms with van der Waals surface area (Å²) in [5, 5.41) is 4.09. The van der Waals surface area contributed by atoms with E-state index in [0.717, 1.165) is 60.9 Å². The molecule has 1 aliphatic carbocycles. The molecule has 2 aromatic rings. The van der Waals surface area contributed by atoms with Crippen LogP contribution in [0.3, 0.4) is 0 Å². The minimum absolute atomic E-state index is 0.0664. The van der Waals surface area contributed by atoms with E-state index in [1.165, 1.54) is 0 Å². The first-order valence-electron chi connectivity index (χ1n) is 12.4. The average Bonchev–Trinajstić information content (AvgIpc) is 3.48. The van der Waals surface area contributed by atoms with Crippen LogP contribution in [-0.2, 0) is 11.3 Å². The summed E-state index contributed by atoms with van der Waals surface area (Å²) >= 11 is 1.90. The molecule has 1 aromatic heterocycles. The lowest BCUT2D eigenvalue weighted by atomic mass is 9.94. The third-order valence-corrected chi connectivity index (χ3v) is 8.42. The zero-order valence-corrected chi connectivity index (χ0v) is 21.6. The number of hydrogen-bond acceptors (Lipinski definition) is 5. The Morgan fingerprint density at radius 2 is 1.88 bits per heavy atom. The molecular weight excluding hydrogens is 450 g/mol. The number of nitrogens with zero attached hydrogens (tertiary/aromatic N) is 2. The van der Waals surface area contributed by atoms with Crippen molar-refractivity contribution < 1.29 is 19.1 Å². The Bertz CT molecular complexity index is 1050. The lowest BCUT2D eigenvalue weighted by Gasteiger charge is -2.44. The molecule has 186 valence electrons. The van der Waals surface area contributed by atoms with Gasteiger partial charge in [0, 0.05) is 18.0 Å². The maximum absolute atomic E-state index is 13.9. The quantitative estimate of drug-likeness (QED) is 0.501. The van der Waals surface area contributed by atoms with E-state index in [9.17, 15) is 9.59 Å². The van der Waals surface area contributed by atoms with Gasteiger partial charge in [0.05, 0.1) is 26.3 Å². The van der Waals surface area contributed by atoms with E-state index < -0.39 is 5.54 Å². The fourth-order valence-corrected chi connectivity index (χ4v) is 6.11. The van der Waals surface area contributed by atoms with Gasteiger partial charge in [-0.3, -0.25) is 9.59 Å². The predicted molar refractivity (Wildman–Crippen MR) is 137 cm³/mol. The van der Waals surface area contributed by atoms with Gasteiger partial charge in [0.15, 0.2) is 0 Å². The van der Waals surface area contributed by atoms with Crippen molar-refractivity contribution >= 4 is 34.5 Å². The molecule has 0 bridgehead atoms.